The van der Waals surface area contributed by atoms with Gasteiger partial charge in [0, 0.05) is 45.3 Å². The zero-order valence-electron chi connectivity index (χ0n) is 18.1. The Labute approximate surface area is 196 Å². The number of benzene rings is 1. The van der Waals surface area contributed by atoms with E-state index in [0.29, 0.717) is 25.7 Å². The summed E-state index contributed by atoms with van der Waals surface area (Å²) in [7, 11) is 1.67. The summed E-state index contributed by atoms with van der Waals surface area (Å²) in [5.41, 5.74) is 2.18. The van der Waals surface area contributed by atoms with Gasteiger partial charge in [-0.05, 0) is 37.5 Å². The van der Waals surface area contributed by atoms with Crippen molar-refractivity contribution in [3.05, 3.63) is 35.7 Å². The van der Waals surface area contributed by atoms with Gasteiger partial charge in [0.2, 0.25) is 0 Å². The van der Waals surface area contributed by atoms with E-state index in [1.165, 1.54) is 5.56 Å². The van der Waals surface area contributed by atoms with Crippen LogP contribution in [-0.2, 0) is 22.3 Å². The minimum absolute atomic E-state index is 0. The van der Waals surface area contributed by atoms with E-state index in [1.54, 1.807) is 7.11 Å². The summed E-state index contributed by atoms with van der Waals surface area (Å²) in [6, 6.07) is 8.22. The zero-order chi connectivity index (χ0) is 20.7. The largest absolute Gasteiger partial charge is 0.382 e. The van der Waals surface area contributed by atoms with Crippen molar-refractivity contribution in [1.29, 1.82) is 0 Å². The fraction of sp³-hybridized carbons (Fsp3) is 0.571. The summed E-state index contributed by atoms with van der Waals surface area (Å²) in [4.78, 5) is 8.94. The van der Waals surface area contributed by atoms with Crippen LogP contribution in [0.5, 0.6) is 0 Å². The molecule has 0 saturated heterocycles. The molecule has 0 spiro atoms. The van der Waals surface area contributed by atoms with E-state index in [9.17, 15) is 0 Å². The summed E-state index contributed by atoms with van der Waals surface area (Å²) >= 11 is 0. The van der Waals surface area contributed by atoms with Gasteiger partial charge in [-0.3, -0.25) is 4.99 Å². The first-order valence-corrected chi connectivity index (χ1v) is 10.3. The summed E-state index contributed by atoms with van der Waals surface area (Å²) < 4.78 is 15.7. The van der Waals surface area contributed by atoms with Crippen molar-refractivity contribution < 1.29 is 14.0 Å². The quantitative estimate of drug-likeness (QED) is 0.178. The lowest BCUT2D eigenvalue weighted by atomic mass is 10.1. The number of methoxy groups -OCH3 is 1. The Hall–Kier alpha value is -1.72. The van der Waals surface area contributed by atoms with Gasteiger partial charge >= 0.3 is 0 Å². The Bertz CT molecular complexity index is 722. The molecule has 30 heavy (non-hydrogen) atoms. The monoisotopic (exact) mass is 531 g/mol. The number of ether oxygens (including phenoxy) is 2. The van der Waals surface area contributed by atoms with E-state index in [2.05, 4.69) is 44.8 Å². The lowest BCUT2D eigenvalue weighted by molar-refractivity contribution is 0.0702. The molecule has 0 radical (unpaired) electrons. The number of hydrogen-bond acceptors (Lipinski definition) is 6. The molecule has 0 bridgehead atoms. The number of halogens is 1. The fourth-order valence-electron chi connectivity index (χ4n) is 2.60. The van der Waals surface area contributed by atoms with Gasteiger partial charge in [-0.15, -0.1) is 24.0 Å². The Morgan fingerprint density at radius 2 is 1.90 bits per heavy atom. The lowest BCUT2D eigenvalue weighted by Crippen LogP contribution is -2.38. The van der Waals surface area contributed by atoms with E-state index in [1.807, 2.05) is 19.1 Å². The molecular formula is C21H34IN5O3. The summed E-state index contributed by atoms with van der Waals surface area (Å²) in [6.07, 6.45) is 2.55. The van der Waals surface area contributed by atoms with Crippen LogP contribution in [-0.4, -0.2) is 62.7 Å². The van der Waals surface area contributed by atoms with Gasteiger partial charge in [-0.25, -0.2) is 0 Å². The van der Waals surface area contributed by atoms with Gasteiger partial charge in [0.15, 0.2) is 11.8 Å². The SMILES string of the molecule is CCNC(=NCCCOCCOC)NCCc1ccc(-c2nc(CC)no2)cc1.I. The van der Waals surface area contributed by atoms with Crippen LogP contribution in [0, 0.1) is 0 Å². The van der Waals surface area contributed by atoms with E-state index in [-0.39, 0.29) is 24.0 Å². The van der Waals surface area contributed by atoms with Gasteiger partial charge in [0.1, 0.15) is 0 Å². The molecule has 9 heteroatoms. The third-order valence-electron chi connectivity index (χ3n) is 4.18. The van der Waals surface area contributed by atoms with Crippen LogP contribution >= 0.6 is 24.0 Å². The Balaban J connectivity index is 0.00000450. The van der Waals surface area contributed by atoms with Gasteiger partial charge < -0.3 is 24.6 Å². The molecule has 0 unspecified atom stereocenters. The minimum Gasteiger partial charge on any atom is -0.382 e. The number of nitrogens with zero attached hydrogens (tertiary/aromatic N) is 3. The van der Waals surface area contributed by atoms with Gasteiger partial charge in [0.05, 0.1) is 13.2 Å². The van der Waals surface area contributed by atoms with Crippen molar-refractivity contribution in [2.75, 3.05) is 46.6 Å². The number of aromatic nitrogens is 2. The second kappa shape index (κ2) is 16.0. The minimum atomic E-state index is 0. The molecule has 8 nitrogen and oxygen atoms in total. The molecule has 2 rings (SSSR count). The second-order valence-electron chi connectivity index (χ2n) is 6.46. The first kappa shape index (κ1) is 26.3. The molecule has 1 heterocycles. The normalized spacial score (nSPS) is 11.2. The highest BCUT2D eigenvalue weighted by Crippen LogP contribution is 2.18. The highest BCUT2D eigenvalue weighted by atomic mass is 127. The van der Waals surface area contributed by atoms with Crippen molar-refractivity contribution in [2.45, 2.75) is 33.1 Å². The van der Waals surface area contributed by atoms with E-state index in [0.717, 1.165) is 56.2 Å². The third-order valence-corrected chi connectivity index (χ3v) is 4.18. The van der Waals surface area contributed by atoms with Gasteiger partial charge in [-0.1, -0.05) is 24.2 Å². The van der Waals surface area contributed by atoms with Crippen LogP contribution in [0.15, 0.2) is 33.8 Å². The van der Waals surface area contributed by atoms with Crippen molar-refractivity contribution in [2.24, 2.45) is 4.99 Å². The van der Waals surface area contributed by atoms with Crippen molar-refractivity contribution in [3.63, 3.8) is 0 Å². The van der Waals surface area contributed by atoms with Crippen LogP contribution in [0.4, 0.5) is 0 Å². The molecule has 0 aliphatic rings. The Kier molecular flexibility index (Phi) is 14.1. The summed E-state index contributed by atoms with van der Waals surface area (Å²) in [5.74, 6) is 2.13. The van der Waals surface area contributed by atoms with Crippen LogP contribution < -0.4 is 10.6 Å². The molecule has 0 fully saturated rings. The average molecular weight is 531 g/mol. The number of aryl methyl sites for hydroxylation is 1. The van der Waals surface area contributed by atoms with Crippen molar-refractivity contribution >= 4 is 29.9 Å². The number of aliphatic imine (C=N–C) groups is 1. The Morgan fingerprint density at radius 3 is 2.57 bits per heavy atom. The van der Waals surface area contributed by atoms with Gasteiger partial charge in [0.25, 0.3) is 5.89 Å². The topological polar surface area (TPSA) is 93.8 Å². The van der Waals surface area contributed by atoms with E-state index < -0.39 is 0 Å². The highest BCUT2D eigenvalue weighted by molar-refractivity contribution is 14.0. The molecule has 1 aromatic carbocycles. The summed E-state index contributed by atoms with van der Waals surface area (Å²) in [5, 5.41) is 10.6. The number of hydrogen-bond donors (Lipinski definition) is 2. The molecule has 2 aromatic rings. The fourth-order valence-corrected chi connectivity index (χ4v) is 2.60. The molecule has 0 aliphatic carbocycles. The van der Waals surface area contributed by atoms with Crippen molar-refractivity contribution in [3.8, 4) is 11.5 Å². The molecule has 0 aliphatic heterocycles. The molecule has 168 valence electrons. The summed E-state index contributed by atoms with van der Waals surface area (Å²) in [6.45, 7) is 8.37. The standard InChI is InChI=1S/C21H33N5O3.HI/c1-4-19-25-20(29-26-19)18-9-7-17(8-10-18)11-13-24-21(22-5-2)23-12-6-14-28-16-15-27-3;/h7-10H,4-6,11-16H2,1-3H3,(H2,22,23,24);1H. The first-order valence-electron chi connectivity index (χ1n) is 10.3. The lowest BCUT2D eigenvalue weighted by Gasteiger charge is -2.11. The average Bonchev–Trinajstić information content (AvgIpc) is 3.23. The van der Waals surface area contributed by atoms with E-state index >= 15 is 0 Å². The van der Waals surface area contributed by atoms with E-state index in [4.69, 9.17) is 14.0 Å². The number of rotatable bonds is 13. The van der Waals surface area contributed by atoms with Crippen LogP contribution in [0.25, 0.3) is 11.5 Å². The van der Waals surface area contributed by atoms with Crippen LogP contribution in [0.1, 0.15) is 31.7 Å². The zero-order valence-corrected chi connectivity index (χ0v) is 20.5. The molecule has 0 atom stereocenters. The molecule has 1 aromatic heterocycles. The van der Waals surface area contributed by atoms with Crippen LogP contribution in [0.2, 0.25) is 0 Å². The maximum Gasteiger partial charge on any atom is 0.257 e. The number of nitrogens with one attached hydrogen (secondary N) is 2. The molecular weight excluding hydrogens is 497 g/mol. The predicted octanol–water partition coefficient (Wildman–Crippen LogP) is 3.07. The molecule has 0 amide bonds. The number of guanidine groups is 1. The van der Waals surface area contributed by atoms with Crippen LogP contribution in [0.3, 0.4) is 0 Å². The van der Waals surface area contributed by atoms with Gasteiger partial charge in [-0.2, -0.15) is 4.98 Å². The Morgan fingerprint density at radius 1 is 1.10 bits per heavy atom. The highest BCUT2D eigenvalue weighted by Gasteiger charge is 2.07. The first-order chi connectivity index (χ1) is 14.3. The predicted molar refractivity (Wildman–Crippen MR) is 130 cm³/mol. The maximum absolute atomic E-state index is 5.45. The second-order valence-corrected chi connectivity index (χ2v) is 6.46. The van der Waals surface area contributed by atoms with Crippen molar-refractivity contribution in [1.82, 2.24) is 20.8 Å². The molecule has 2 N–H and O–H groups in total. The maximum atomic E-state index is 5.45. The smallest absolute Gasteiger partial charge is 0.257 e. The third kappa shape index (κ3) is 9.86. The molecule has 0 saturated carbocycles.